The fourth-order valence-corrected chi connectivity index (χ4v) is 2.13. The van der Waals surface area contributed by atoms with Crippen molar-refractivity contribution >= 4 is 23.2 Å². The Hall–Kier alpha value is -0.320. The van der Waals surface area contributed by atoms with Gasteiger partial charge in [0.15, 0.2) is 0 Å². The van der Waals surface area contributed by atoms with E-state index in [2.05, 4.69) is 5.32 Å². The van der Waals surface area contributed by atoms with Crippen molar-refractivity contribution in [2.75, 3.05) is 26.3 Å². The lowest BCUT2D eigenvalue weighted by molar-refractivity contribution is -0.0357. The predicted molar refractivity (Wildman–Crippen MR) is 68.7 cm³/mol. The average molecular weight is 276 g/mol. The molecule has 3 nitrogen and oxygen atoms in total. The number of halogens is 2. The first-order valence-corrected chi connectivity index (χ1v) is 6.35. The third kappa shape index (κ3) is 4.12. The van der Waals surface area contributed by atoms with Crippen LogP contribution in [0.25, 0.3) is 0 Å². The molecule has 1 heterocycles. The summed E-state index contributed by atoms with van der Waals surface area (Å²) in [4.78, 5) is 0. The Morgan fingerprint density at radius 2 is 2.29 bits per heavy atom. The van der Waals surface area contributed by atoms with E-state index in [0.717, 1.165) is 25.3 Å². The first kappa shape index (κ1) is 13.1. The fraction of sp³-hybridized carbons (Fsp3) is 0.500. The molecule has 5 heteroatoms. The number of hydrogen-bond acceptors (Lipinski definition) is 3. The Labute approximate surface area is 111 Å². The van der Waals surface area contributed by atoms with Gasteiger partial charge in [0, 0.05) is 23.1 Å². The second-order valence-corrected chi connectivity index (χ2v) is 4.79. The van der Waals surface area contributed by atoms with Crippen molar-refractivity contribution in [3.8, 4) is 0 Å². The summed E-state index contributed by atoms with van der Waals surface area (Å²) in [6.45, 7) is 3.56. The van der Waals surface area contributed by atoms with Crippen LogP contribution in [0.1, 0.15) is 5.56 Å². The molecule has 1 aromatic carbocycles. The second-order valence-electron chi connectivity index (χ2n) is 3.95. The molecule has 0 aliphatic carbocycles. The normalized spacial score (nSPS) is 20.5. The lowest BCUT2D eigenvalue weighted by Gasteiger charge is -2.23. The summed E-state index contributed by atoms with van der Waals surface area (Å²) in [6.07, 6.45) is 0.134. The largest absolute Gasteiger partial charge is 0.374 e. The van der Waals surface area contributed by atoms with E-state index >= 15 is 0 Å². The predicted octanol–water partition coefficient (Wildman–Crippen LogP) is 2.50. The number of hydrogen-bond donors (Lipinski definition) is 1. The van der Waals surface area contributed by atoms with Crippen LogP contribution in [0.3, 0.4) is 0 Å². The van der Waals surface area contributed by atoms with Gasteiger partial charge in [-0.2, -0.15) is 0 Å². The standard InChI is InChI=1S/C12H15Cl2NO2/c13-10-2-1-9(12(14)5-10)7-16-8-11-6-15-3-4-17-11/h1-2,5,11,15H,3-4,6-8H2. The monoisotopic (exact) mass is 275 g/mol. The van der Waals surface area contributed by atoms with Crippen molar-refractivity contribution in [2.24, 2.45) is 0 Å². The van der Waals surface area contributed by atoms with Crippen LogP contribution in [0.4, 0.5) is 0 Å². The van der Waals surface area contributed by atoms with Crippen molar-refractivity contribution in [1.29, 1.82) is 0 Å². The molecule has 1 aliphatic heterocycles. The summed E-state index contributed by atoms with van der Waals surface area (Å²) in [5, 5.41) is 4.53. The van der Waals surface area contributed by atoms with E-state index in [1.54, 1.807) is 6.07 Å². The smallest absolute Gasteiger partial charge is 0.0933 e. The minimum Gasteiger partial charge on any atom is -0.374 e. The van der Waals surface area contributed by atoms with Gasteiger partial charge in [-0.1, -0.05) is 29.3 Å². The molecular formula is C12H15Cl2NO2. The Kier molecular flexibility index (Phi) is 5.07. The molecule has 1 unspecified atom stereocenters. The lowest BCUT2D eigenvalue weighted by atomic mass is 10.2. The molecule has 1 fully saturated rings. The van der Waals surface area contributed by atoms with E-state index in [9.17, 15) is 0 Å². The van der Waals surface area contributed by atoms with E-state index < -0.39 is 0 Å². The molecular weight excluding hydrogens is 261 g/mol. The average Bonchev–Trinajstić information content (AvgIpc) is 2.33. The molecule has 1 N–H and O–H groups in total. The zero-order valence-electron chi connectivity index (χ0n) is 9.42. The van der Waals surface area contributed by atoms with E-state index in [1.807, 2.05) is 12.1 Å². The van der Waals surface area contributed by atoms with Crippen molar-refractivity contribution in [3.63, 3.8) is 0 Å². The number of benzene rings is 1. The molecule has 0 amide bonds. The van der Waals surface area contributed by atoms with Crippen molar-refractivity contribution in [3.05, 3.63) is 33.8 Å². The number of nitrogens with one attached hydrogen (secondary N) is 1. The van der Waals surface area contributed by atoms with Gasteiger partial charge in [-0.3, -0.25) is 0 Å². The van der Waals surface area contributed by atoms with Crippen molar-refractivity contribution in [1.82, 2.24) is 5.32 Å². The van der Waals surface area contributed by atoms with Crippen molar-refractivity contribution in [2.45, 2.75) is 12.7 Å². The van der Waals surface area contributed by atoms with Crippen LogP contribution in [0.5, 0.6) is 0 Å². The van der Waals surface area contributed by atoms with Crippen LogP contribution in [0, 0.1) is 0 Å². The van der Waals surface area contributed by atoms with Gasteiger partial charge in [0.05, 0.1) is 25.9 Å². The maximum absolute atomic E-state index is 6.04. The Bertz CT molecular complexity index is 368. The third-order valence-electron chi connectivity index (χ3n) is 2.58. The van der Waals surface area contributed by atoms with Crippen LogP contribution in [-0.2, 0) is 16.1 Å². The summed E-state index contributed by atoms with van der Waals surface area (Å²) in [5.74, 6) is 0. The van der Waals surface area contributed by atoms with E-state index in [-0.39, 0.29) is 6.10 Å². The van der Waals surface area contributed by atoms with Gasteiger partial charge < -0.3 is 14.8 Å². The summed E-state index contributed by atoms with van der Waals surface area (Å²) < 4.78 is 11.1. The summed E-state index contributed by atoms with van der Waals surface area (Å²) in [5.41, 5.74) is 0.944. The molecule has 0 spiro atoms. The van der Waals surface area contributed by atoms with Gasteiger partial charge in [0.2, 0.25) is 0 Å². The number of rotatable bonds is 4. The number of morpholine rings is 1. The van der Waals surface area contributed by atoms with Gasteiger partial charge in [-0.25, -0.2) is 0 Å². The van der Waals surface area contributed by atoms with Crippen LogP contribution in [0.15, 0.2) is 18.2 Å². The topological polar surface area (TPSA) is 30.5 Å². The van der Waals surface area contributed by atoms with Crippen LogP contribution < -0.4 is 5.32 Å². The van der Waals surface area contributed by atoms with Gasteiger partial charge >= 0.3 is 0 Å². The first-order valence-electron chi connectivity index (χ1n) is 5.59. The first-order chi connectivity index (χ1) is 8.25. The molecule has 94 valence electrons. The van der Waals surface area contributed by atoms with Gasteiger partial charge in [0.1, 0.15) is 0 Å². The SMILES string of the molecule is Clc1ccc(COCC2CNCCO2)c(Cl)c1. The van der Waals surface area contributed by atoms with Crippen LogP contribution in [0.2, 0.25) is 10.0 Å². The summed E-state index contributed by atoms with van der Waals surface area (Å²) in [6, 6.07) is 5.41. The highest BCUT2D eigenvalue weighted by atomic mass is 35.5. The summed E-state index contributed by atoms with van der Waals surface area (Å²) >= 11 is 11.9. The molecule has 0 saturated carbocycles. The maximum atomic E-state index is 6.04. The Balaban J connectivity index is 1.77. The summed E-state index contributed by atoms with van der Waals surface area (Å²) in [7, 11) is 0. The molecule has 1 saturated heterocycles. The molecule has 2 rings (SSSR count). The zero-order chi connectivity index (χ0) is 12.1. The third-order valence-corrected chi connectivity index (χ3v) is 3.17. The quantitative estimate of drug-likeness (QED) is 0.916. The molecule has 1 aromatic rings. The molecule has 0 bridgehead atoms. The highest BCUT2D eigenvalue weighted by Gasteiger charge is 2.13. The lowest BCUT2D eigenvalue weighted by Crippen LogP contribution is -2.40. The van der Waals surface area contributed by atoms with Gasteiger partial charge in [-0.05, 0) is 17.7 Å². The highest BCUT2D eigenvalue weighted by Crippen LogP contribution is 2.21. The van der Waals surface area contributed by atoms with Crippen molar-refractivity contribution < 1.29 is 9.47 Å². The van der Waals surface area contributed by atoms with E-state index in [0.29, 0.717) is 23.3 Å². The molecule has 0 radical (unpaired) electrons. The Morgan fingerprint density at radius 1 is 1.41 bits per heavy atom. The van der Waals surface area contributed by atoms with Gasteiger partial charge in [-0.15, -0.1) is 0 Å². The van der Waals surface area contributed by atoms with E-state index in [4.69, 9.17) is 32.7 Å². The zero-order valence-corrected chi connectivity index (χ0v) is 10.9. The molecule has 1 atom stereocenters. The Morgan fingerprint density at radius 3 is 3.00 bits per heavy atom. The minimum absolute atomic E-state index is 0.134. The molecule has 17 heavy (non-hydrogen) atoms. The highest BCUT2D eigenvalue weighted by molar-refractivity contribution is 6.35. The van der Waals surface area contributed by atoms with E-state index in [1.165, 1.54) is 0 Å². The van der Waals surface area contributed by atoms with Crippen LogP contribution >= 0.6 is 23.2 Å². The van der Waals surface area contributed by atoms with Gasteiger partial charge in [0.25, 0.3) is 0 Å². The minimum atomic E-state index is 0.134. The number of ether oxygens (including phenoxy) is 2. The van der Waals surface area contributed by atoms with Crippen LogP contribution in [-0.4, -0.2) is 32.4 Å². The molecule has 0 aromatic heterocycles. The second kappa shape index (κ2) is 6.57. The maximum Gasteiger partial charge on any atom is 0.0933 e. The molecule has 1 aliphatic rings. The fourth-order valence-electron chi connectivity index (χ4n) is 1.67.